The number of esters is 1. The fraction of sp³-hybridized carbons (Fsp3) is 0.200. The van der Waals surface area contributed by atoms with Gasteiger partial charge < -0.3 is 13.6 Å². The van der Waals surface area contributed by atoms with Gasteiger partial charge in [-0.25, -0.2) is 14.5 Å². The van der Waals surface area contributed by atoms with E-state index in [0.717, 1.165) is 5.69 Å². The van der Waals surface area contributed by atoms with Crippen LogP contribution in [0.1, 0.15) is 47.0 Å². The van der Waals surface area contributed by atoms with E-state index >= 15 is 0 Å². The molecule has 4 aromatic rings. The van der Waals surface area contributed by atoms with Gasteiger partial charge in [0.1, 0.15) is 28.8 Å². The number of benzene rings is 1. The SMILES string of the molecule is CCc1c(C(=O)OCC(=O)N2N=C(c3ccco3)CC2c2ccco2)cnn1-c1ccccc1. The summed E-state index contributed by atoms with van der Waals surface area (Å²) in [5, 5.41) is 10.1. The summed E-state index contributed by atoms with van der Waals surface area (Å²) in [5.41, 5.74) is 2.48. The van der Waals surface area contributed by atoms with E-state index in [9.17, 15) is 9.59 Å². The molecule has 0 spiro atoms. The standard InChI is InChI=1S/C25H22N4O5/c1-2-20-18(15-26-28(20)17-8-4-3-5-9-17)25(31)34-16-24(30)29-21(23-11-7-13-33-23)14-19(27-29)22-10-6-12-32-22/h3-13,15,21H,2,14,16H2,1H3. The molecule has 4 heterocycles. The van der Waals surface area contributed by atoms with Crippen LogP contribution in [0.15, 0.2) is 87.3 Å². The van der Waals surface area contributed by atoms with E-state index < -0.39 is 24.5 Å². The predicted molar refractivity (Wildman–Crippen MR) is 121 cm³/mol. The zero-order valence-electron chi connectivity index (χ0n) is 18.5. The zero-order chi connectivity index (χ0) is 23.5. The van der Waals surface area contributed by atoms with Crippen molar-refractivity contribution in [2.75, 3.05) is 6.61 Å². The maximum absolute atomic E-state index is 13.0. The molecule has 1 atom stereocenters. The van der Waals surface area contributed by atoms with Gasteiger partial charge in [-0.1, -0.05) is 25.1 Å². The highest BCUT2D eigenvalue weighted by Gasteiger charge is 2.36. The minimum Gasteiger partial charge on any atom is -0.467 e. The number of carbonyl (C=O) groups excluding carboxylic acids is 2. The Morgan fingerprint density at radius 1 is 1.06 bits per heavy atom. The van der Waals surface area contributed by atoms with Gasteiger partial charge in [0.25, 0.3) is 5.91 Å². The number of amides is 1. The molecule has 172 valence electrons. The fourth-order valence-corrected chi connectivity index (χ4v) is 3.98. The van der Waals surface area contributed by atoms with Crippen molar-refractivity contribution in [3.63, 3.8) is 0 Å². The molecule has 1 aromatic carbocycles. The molecule has 0 radical (unpaired) electrons. The summed E-state index contributed by atoms with van der Waals surface area (Å²) in [4.78, 5) is 25.9. The first kappa shape index (κ1) is 21.4. The quantitative estimate of drug-likeness (QED) is 0.385. The molecule has 1 unspecified atom stereocenters. The molecule has 0 fully saturated rings. The Bertz CT molecular complexity index is 1310. The Labute approximate surface area is 195 Å². The third-order valence-corrected chi connectivity index (χ3v) is 5.59. The first-order valence-electron chi connectivity index (χ1n) is 10.9. The Hall–Kier alpha value is -4.40. The van der Waals surface area contributed by atoms with Crippen LogP contribution in [0, 0.1) is 0 Å². The summed E-state index contributed by atoms with van der Waals surface area (Å²) in [6.07, 6.45) is 5.54. The van der Waals surface area contributed by atoms with Crippen LogP contribution in [-0.4, -0.2) is 39.0 Å². The maximum Gasteiger partial charge on any atom is 0.342 e. The lowest BCUT2D eigenvalue weighted by Crippen LogP contribution is -2.31. The van der Waals surface area contributed by atoms with Crippen LogP contribution < -0.4 is 0 Å². The maximum atomic E-state index is 13.0. The van der Waals surface area contributed by atoms with Crippen LogP contribution in [0.25, 0.3) is 5.69 Å². The Kier molecular flexibility index (Phi) is 5.82. The minimum absolute atomic E-state index is 0.322. The summed E-state index contributed by atoms with van der Waals surface area (Å²) in [5.74, 6) is 0.0772. The molecule has 9 nitrogen and oxygen atoms in total. The average molecular weight is 458 g/mol. The van der Waals surface area contributed by atoms with Crippen LogP contribution >= 0.6 is 0 Å². The van der Waals surface area contributed by atoms with Gasteiger partial charge >= 0.3 is 5.97 Å². The fourth-order valence-electron chi connectivity index (χ4n) is 3.98. The van der Waals surface area contributed by atoms with Crippen LogP contribution in [0.4, 0.5) is 0 Å². The van der Waals surface area contributed by atoms with Gasteiger partial charge in [-0.05, 0) is 42.8 Å². The van der Waals surface area contributed by atoms with Crippen LogP contribution in [0.2, 0.25) is 0 Å². The molecule has 34 heavy (non-hydrogen) atoms. The number of hydrogen-bond donors (Lipinski definition) is 0. The van der Waals surface area contributed by atoms with Crippen molar-refractivity contribution in [1.29, 1.82) is 0 Å². The Morgan fingerprint density at radius 3 is 2.56 bits per heavy atom. The van der Waals surface area contributed by atoms with Gasteiger partial charge in [-0.3, -0.25) is 4.79 Å². The first-order chi connectivity index (χ1) is 16.7. The first-order valence-corrected chi connectivity index (χ1v) is 10.9. The summed E-state index contributed by atoms with van der Waals surface area (Å²) >= 11 is 0. The summed E-state index contributed by atoms with van der Waals surface area (Å²) in [6, 6.07) is 16.1. The van der Waals surface area contributed by atoms with Crippen molar-refractivity contribution in [2.24, 2.45) is 5.10 Å². The van der Waals surface area contributed by atoms with E-state index in [1.54, 1.807) is 41.5 Å². The number of hydrogen-bond acceptors (Lipinski definition) is 7. The number of hydrazone groups is 1. The molecule has 1 aliphatic heterocycles. The third kappa shape index (κ3) is 4.03. The molecule has 3 aromatic heterocycles. The number of rotatable bonds is 7. The Morgan fingerprint density at radius 2 is 1.85 bits per heavy atom. The second-order valence-electron chi connectivity index (χ2n) is 7.68. The lowest BCUT2D eigenvalue weighted by atomic mass is 10.1. The zero-order valence-corrected chi connectivity index (χ0v) is 18.5. The smallest absolute Gasteiger partial charge is 0.342 e. The number of nitrogens with zero attached hydrogens (tertiary/aromatic N) is 4. The van der Waals surface area contributed by atoms with Crippen molar-refractivity contribution < 1.29 is 23.2 Å². The lowest BCUT2D eigenvalue weighted by molar-refractivity contribution is -0.136. The van der Waals surface area contributed by atoms with E-state index in [4.69, 9.17) is 13.6 Å². The topological polar surface area (TPSA) is 103 Å². The van der Waals surface area contributed by atoms with Crippen molar-refractivity contribution in [2.45, 2.75) is 25.8 Å². The molecule has 5 rings (SSSR count). The molecule has 1 amide bonds. The molecular weight excluding hydrogens is 436 g/mol. The van der Waals surface area contributed by atoms with E-state index in [1.165, 1.54) is 11.2 Å². The summed E-state index contributed by atoms with van der Waals surface area (Å²) in [6.45, 7) is 1.46. The van der Waals surface area contributed by atoms with Gasteiger partial charge in [0.05, 0.1) is 30.1 Å². The molecule has 9 heteroatoms. The van der Waals surface area contributed by atoms with Gasteiger partial charge in [0.2, 0.25) is 0 Å². The van der Waals surface area contributed by atoms with Gasteiger partial charge in [0.15, 0.2) is 6.61 Å². The minimum atomic E-state index is -0.614. The third-order valence-electron chi connectivity index (χ3n) is 5.59. The number of para-hydroxylation sites is 1. The van der Waals surface area contributed by atoms with Crippen LogP contribution in [0.5, 0.6) is 0 Å². The molecule has 0 saturated heterocycles. The van der Waals surface area contributed by atoms with E-state index in [-0.39, 0.29) is 0 Å². The number of aromatic nitrogens is 2. The van der Waals surface area contributed by atoms with Gasteiger partial charge in [0, 0.05) is 6.42 Å². The van der Waals surface area contributed by atoms with Crippen molar-refractivity contribution in [1.82, 2.24) is 14.8 Å². The van der Waals surface area contributed by atoms with E-state index in [2.05, 4.69) is 10.2 Å². The lowest BCUT2D eigenvalue weighted by Gasteiger charge is -2.19. The van der Waals surface area contributed by atoms with Crippen molar-refractivity contribution >= 4 is 17.6 Å². The summed E-state index contributed by atoms with van der Waals surface area (Å²) < 4.78 is 18.0. The van der Waals surface area contributed by atoms with Crippen LogP contribution in [0.3, 0.4) is 0 Å². The molecule has 0 bridgehead atoms. The highest BCUT2D eigenvalue weighted by atomic mass is 16.5. The molecular formula is C25H22N4O5. The molecule has 0 N–H and O–H groups in total. The highest BCUT2D eigenvalue weighted by molar-refractivity contribution is 6.01. The van der Waals surface area contributed by atoms with Gasteiger partial charge in [-0.2, -0.15) is 10.2 Å². The highest BCUT2D eigenvalue weighted by Crippen LogP contribution is 2.33. The molecule has 0 aliphatic carbocycles. The monoisotopic (exact) mass is 458 g/mol. The predicted octanol–water partition coefficient (Wildman–Crippen LogP) is 4.16. The Balaban J connectivity index is 1.32. The normalized spacial score (nSPS) is 15.4. The van der Waals surface area contributed by atoms with Crippen molar-refractivity contribution in [3.8, 4) is 5.69 Å². The number of furan rings is 2. The largest absolute Gasteiger partial charge is 0.467 e. The van der Waals surface area contributed by atoms with E-state index in [1.807, 2.05) is 37.3 Å². The van der Waals surface area contributed by atoms with Crippen LogP contribution in [-0.2, 0) is 16.0 Å². The average Bonchev–Trinajstić information content (AvgIpc) is 3.68. The van der Waals surface area contributed by atoms with Crippen molar-refractivity contribution in [3.05, 3.63) is 96.1 Å². The molecule has 1 aliphatic rings. The number of carbonyl (C=O) groups is 2. The second-order valence-corrected chi connectivity index (χ2v) is 7.68. The summed E-state index contributed by atoms with van der Waals surface area (Å²) in [7, 11) is 0. The second kappa shape index (κ2) is 9.22. The molecule has 0 saturated carbocycles. The van der Waals surface area contributed by atoms with E-state index in [0.29, 0.717) is 41.3 Å². The van der Waals surface area contributed by atoms with Gasteiger partial charge in [-0.15, -0.1) is 0 Å². The number of ether oxygens (including phenoxy) is 1.